The van der Waals surface area contributed by atoms with E-state index >= 15 is 0 Å². The van der Waals surface area contributed by atoms with E-state index in [9.17, 15) is 4.39 Å². The summed E-state index contributed by atoms with van der Waals surface area (Å²) in [6, 6.07) is 3.67. The number of nitrogens with zero attached hydrogens (tertiary/aromatic N) is 1. The van der Waals surface area contributed by atoms with Gasteiger partial charge in [-0.25, -0.2) is 9.37 Å². The second-order valence-electron chi connectivity index (χ2n) is 2.40. The highest BCUT2D eigenvalue weighted by Crippen LogP contribution is 2.22. The van der Waals surface area contributed by atoms with Crippen molar-refractivity contribution in [1.29, 1.82) is 0 Å². The summed E-state index contributed by atoms with van der Waals surface area (Å²) < 4.78 is 14.1. The van der Waals surface area contributed by atoms with Gasteiger partial charge >= 0.3 is 0 Å². The predicted octanol–water partition coefficient (Wildman–Crippen LogP) is 2.74. The van der Waals surface area contributed by atoms with Crippen LogP contribution in [0.25, 0.3) is 10.2 Å². The minimum atomic E-state index is -0.191. The fraction of sp³-hybridized carbons (Fsp3) is 0.125. The Morgan fingerprint density at radius 1 is 1.45 bits per heavy atom. The molecule has 11 heavy (non-hydrogen) atoms. The van der Waals surface area contributed by atoms with Crippen molar-refractivity contribution in [3.8, 4) is 0 Å². The molecule has 56 valence electrons. The summed E-state index contributed by atoms with van der Waals surface area (Å²) >= 11 is 1.46. The molecule has 0 atom stereocenters. The van der Waals surface area contributed by atoms with Gasteiger partial charge in [-0.15, -0.1) is 11.3 Å². The Labute approximate surface area is 67.5 Å². The second kappa shape index (κ2) is 2.27. The summed E-state index contributed by atoms with van der Waals surface area (Å²) in [6.07, 6.45) is 0. The molecule has 0 saturated heterocycles. The van der Waals surface area contributed by atoms with Crippen LogP contribution in [0.2, 0.25) is 0 Å². The zero-order valence-corrected chi connectivity index (χ0v) is 6.78. The molecule has 1 aromatic heterocycles. The Morgan fingerprint density at radius 2 is 2.27 bits per heavy atom. The number of rotatable bonds is 0. The van der Waals surface area contributed by atoms with Crippen LogP contribution in [0.3, 0.4) is 0 Å². The molecular weight excluding hydrogens is 161 g/mol. The smallest absolute Gasteiger partial charge is 0.153 e. The van der Waals surface area contributed by atoms with Crippen LogP contribution in [0.4, 0.5) is 4.39 Å². The van der Waals surface area contributed by atoms with Crippen molar-refractivity contribution in [2.45, 2.75) is 6.92 Å². The van der Waals surface area contributed by atoms with Crippen LogP contribution in [0.5, 0.6) is 0 Å². The lowest BCUT2D eigenvalue weighted by Gasteiger charge is -1.94. The molecule has 3 heteroatoms. The van der Waals surface area contributed by atoms with Crippen LogP contribution >= 0.6 is 11.3 Å². The van der Waals surface area contributed by atoms with E-state index in [1.54, 1.807) is 18.5 Å². The van der Waals surface area contributed by atoms with Gasteiger partial charge in [-0.1, -0.05) is 6.07 Å². The summed E-state index contributed by atoms with van der Waals surface area (Å²) in [4.78, 5) is 3.92. The quantitative estimate of drug-likeness (QED) is 0.588. The van der Waals surface area contributed by atoms with Gasteiger partial charge in [-0.2, -0.15) is 0 Å². The largest absolute Gasteiger partial charge is 0.242 e. The molecule has 0 spiro atoms. The molecule has 0 bridgehead atoms. The zero-order chi connectivity index (χ0) is 7.84. The maximum atomic E-state index is 13.2. The fourth-order valence-electron chi connectivity index (χ4n) is 0.999. The van der Waals surface area contributed by atoms with Gasteiger partial charge in [0.05, 0.1) is 10.2 Å². The van der Waals surface area contributed by atoms with Crippen molar-refractivity contribution in [2.75, 3.05) is 0 Å². The van der Waals surface area contributed by atoms with Gasteiger partial charge in [0.15, 0.2) is 5.82 Å². The maximum Gasteiger partial charge on any atom is 0.153 e. The van der Waals surface area contributed by atoms with Gasteiger partial charge in [0, 0.05) is 0 Å². The first kappa shape index (κ1) is 6.73. The molecule has 0 aliphatic carbocycles. The highest BCUT2D eigenvalue weighted by atomic mass is 32.1. The number of hydrogen-bond acceptors (Lipinski definition) is 2. The minimum Gasteiger partial charge on any atom is -0.242 e. The molecule has 0 radical (unpaired) electrons. The highest BCUT2D eigenvalue weighted by Gasteiger charge is 2.04. The molecule has 2 rings (SSSR count). The van der Waals surface area contributed by atoms with E-state index < -0.39 is 0 Å². The molecular formula is C8H6FNS. The number of thiazole rings is 1. The molecule has 2 aromatic rings. The van der Waals surface area contributed by atoms with Crippen molar-refractivity contribution < 1.29 is 4.39 Å². The Morgan fingerprint density at radius 3 is 3.09 bits per heavy atom. The molecule has 0 N–H and O–H groups in total. The van der Waals surface area contributed by atoms with E-state index in [4.69, 9.17) is 0 Å². The average Bonchev–Trinajstić information content (AvgIpc) is 2.45. The van der Waals surface area contributed by atoms with E-state index in [-0.39, 0.29) is 5.82 Å². The van der Waals surface area contributed by atoms with Crippen molar-refractivity contribution in [2.24, 2.45) is 0 Å². The van der Waals surface area contributed by atoms with Gasteiger partial charge in [0.25, 0.3) is 0 Å². The third-order valence-electron chi connectivity index (χ3n) is 1.63. The number of aryl methyl sites for hydroxylation is 1. The number of fused-ring (bicyclic) bond motifs is 1. The van der Waals surface area contributed by atoms with E-state index in [0.717, 1.165) is 4.70 Å². The SMILES string of the molecule is Cc1ccc2scnc2c1F. The lowest BCUT2D eigenvalue weighted by atomic mass is 10.2. The summed E-state index contributed by atoms with van der Waals surface area (Å²) in [5.74, 6) is -0.191. The van der Waals surface area contributed by atoms with Crippen LogP contribution in [0.15, 0.2) is 17.6 Å². The molecule has 0 saturated carbocycles. The molecule has 0 amide bonds. The summed E-state index contributed by atoms with van der Waals surface area (Å²) in [5, 5.41) is 0. The Bertz CT molecular complexity index is 394. The van der Waals surface area contributed by atoms with E-state index in [1.807, 2.05) is 6.07 Å². The Hall–Kier alpha value is -0.960. The normalized spacial score (nSPS) is 10.7. The van der Waals surface area contributed by atoms with Crippen LogP contribution in [-0.2, 0) is 0 Å². The lowest BCUT2D eigenvalue weighted by molar-refractivity contribution is 0.628. The molecule has 0 fully saturated rings. The van der Waals surface area contributed by atoms with Crippen molar-refractivity contribution >= 4 is 21.6 Å². The lowest BCUT2D eigenvalue weighted by Crippen LogP contribution is -1.82. The first-order valence-corrected chi connectivity index (χ1v) is 4.15. The topological polar surface area (TPSA) is 12.9 Å². The van der Waals surface area contributed by atoms with Gasteiger partial charge in [-0.3, -0.25) is 0 Å². The van der Waals surface area contributed by atoms with Crippen molar-refractivity contribution in [3.05, 3.63) is 29.0 Å². The second-order valence-corrected chi connectivity index (χ2v) is 3.28. The molecule has 1 aromatic carbocycles. The van der Waals surface area contributed by atoms with Gasteiger partial charge in [0.1, 0.15) is 5.52 Å². The van der Waals surface area contributed by atoms with Gasteiger partial charge < -0.3 is 0 Å². The number of benzene rings is 1. The standard InChI is InChI=1S/C8H6FNS/c1-5-2-3-6-8(7(5)9)10-4-11-6/h2-4H,1H3. The number of hydrogen-bond donors (Lipinski definition) is 0. The number of aromatic nitrogens is 1. The molecule has 0 aliphatic rings. The summed E-state index contributed by atoms with van der Waals surface area (Å²) in [5.41, 5.74) is 2.81. The molecule has 0 aliphatic heterocycles. The highest BCUT2D eigenvalue weighted by molar-refractivity contribution is 7.16. The summed E-state index contributed by atoms with van der Waals surface area (Å²) in [6.45, 7) is 1.74. The third kappa shape index (κ3) is 0.922. The molecule has 1 nitrogen and oxygen atoms in total. The van der Waals surface area contributed by atoms with Crippen molar-refractivity contribution in [1.82, 2.24) is 4.98 Å². The average molecular weight is 167 g/mol. The Kier molecular flexibility index (Phi) is 1.39. The predicted molar refractivity (Wildman–Crippen MR) is 44.3 cm³/mol. The van der Waals surface area contributed by atoms with Crippen LogP contribution in [0, 0.1) is 12.7 Å². The maximum absolute atomic E-state index is 13.2. The Balaban J connectivity index is 2.93. The molecule has 1 heterocycles. The van der Waals surface area contributed by atoms with E-state index in [1.165, 1.54) is 11.3 Å². The van der Waals surface area contributed by atoms with Crippen molar-refractivity contribution in [3.63, 3.8) is 0 Å². The third-order valence-corrected chi connectivity index (χ3v) is 2.43. The van der Waals surface area contributed by atoms with Gasteiger partial charge in [0.2, 0.25) is 0 Å². The summed E-state index contributed by atoms with van der Waals surface area (Å²) in [7, 11) is 0. The van der Waals surface area contributed by atoms with Crippen LogP contribution < -0.4 is 0 Å². The first-order chi connectivity index (χ1) is 5.29. The monoisotopic (exact) mass is 167 g/mol. The van der Waals surface area contributed by atoms with E-state index in [0.29, 0.717) is 11.1 Å². The van der Waals surface area contributed by atoms with Crippen LogP contribution in [-0.4, -0.2) is 4.98 Å². The minimum absolute atomic E-state index is 0.191. The van der Waals surface area contributed by atoms with Gasteiger partial charge in [-0.05, 0) is 18.6 Å². The number of halogens is 1. The van der Waals surface area contributed by atoms with E-state index in [2.05, 4.69) is 4.98 Å². The fourth-order valence-corrected chi connectivity index (χ4v) is 1.67. The first-order valence-electron chi connectivity index (χ1n) is 3.27. The molecule has 0 unspecified atom stereocenters. The van der Waals surface area contributed by atoms with Crippen LogP contribution in [0.1, 0.15) is 5.56 Å². The zero-order valence-electron chi connectivity index (χ0n) is 5.97.